The normalized spacial score (nSPS) is 12.4. The number of carbonyl (C=O) groups is 1. The predicted molar refractivity (Wildman–Crippen MR) is 72.7 cm³/mol. The molecule has 2 rings (SSSR count). The Labute approximate surface area is 116 Å². The minimum Gasteiger partial charge on any atom is -0.339 e. The number of aryl methyl sites for hydroxylation is 1. The van der Waals surface area contributed by atoms with Crippen LogP contribution in [0.2, 0.25) is 0 Å². The van der Waals surface area contributed by atoms with Gasteiger partial charge >= 0.3 is 0 Å². The van der Waals surface area contributed by atoms with E-state index < -0.39 is 0 Å². The van der Waals surface area contributed by atoms with Gasteiger partial charge in [0.25, 0.3) is 0 Å². The number of likely N-dealkylation sites (N-methyl/N-ethyl adjacent to an activating group) is 1. The van der Waals surface area contributed by atoms with E-state index in [-0.39, 0.29) is 11.9 Å². The van der Waals surface area contributed by atoms with E-state index in [0.717, 1.165) is 10.6 Å². The number of hydrogen-bond donors (Lipinski definition) is 0. The molecule has 0 saturated carbocycles. The molecule has 0 aliphatic carbocycles. The summed E-state index contributed by atoms with van der Waals surface area (Å²) in [7, 11) is 1.80. The molecular weight excluding hydrogens is 262 g/mol. The maximum atomic E-state index is 12.4. The van der Waals surface area contributed by atoms with Gasteiger partial charge in [-0.15, -0.1) is 5.10 Å². The zero-order chi connectivity index (χ0) is 13.8. The lowest BCUT2D eigenvalue weighted by molar-refractivity contribution is -0.134. The van der Waals surface area contributed by atoms with Crippen molar-refractivity contribution in [2.24, 2.45) is 0 Å². The highest BCUT2D eigenvalue weighted by Crippen LogP contribution is 2.17. The lowest BCUT2D eigenvalue weighted by Crippen LogP contribution is -2.34. The largest absolute Gasteiger partial charge is 0.339 e. The quantitative estimate of drug-likeness (QED) is 0.835. The summed E-state index contributed by atoms with van der Waals surface area (Å²) in [5.41, 5.74) is 0.886. The molecule has 0 aliphatic rings. The lowest BCUT2D eigenvalue weighted by Gasteiger charge is -2.22. The van der Waals surface area contributed by atoms with Crippen LogP contribution in [0.15, 0.2) is 18.5 Å². The van der Waals surface area contributed by atoms with Crippen molar-refractivity contribution >= 4 is 17.4 Å². The summed E-state index contributed by atoms with van der Waals surface area (Å²) in [6, 6.07) is 1.58. The standard InChI is InChI=1S/C12H17N5OS/c1-4-10(17-7-5-6-13-17)12(18)16(3)8-11-9(2)14-15-19-11/h5-7,10H,4,8H2,1-3H3/t10-/m0/s1. The van der Waals surface area contributed by atoms with E-state index in [9.17, 15) is 4.79 Å². The number of rotatable bonds is 5. The molecule has 0 unspecified atom stereocenters. The Morgan fingerprint density at radius 1 is 1.58 bits per heavy atom. The molecule has 1 amide bonds. The molecule has 7 heteroatoms. The topological polar surface area (TPSA) is 63.9 Å². The van der Waals surface area contributed by atoms with Gasteiger partial charge in [0.05, 0.1) is 17.1 Å². The van der Waals surface area contributed by atoms with E-state index in [1.807, 2.05) is 26.1 Å². The fourth-order valence-corrected chi connectivity index (χ4v) is 2.57. The predicted octanol–water partition coefficient (Wildman–Crippen LogP) is 1.65. The Hall–Kier alpha value is -1.76. The van der Waals surface area contributed by atoms with Gasteiger partial charge in [-0.3, -0.25) is 9.48 Å². The second-order valence-electron chi connectivity index (χ2n) is 4.39. The van der Waals surface area contributed by atoms with Crippen molar-refractivity contribution in [3.63, 3.8) is 0 Å². The van der Waals surface area contributed by atoms with Gasteiger partial charge in [-0.25, -0.2) is 0 Å². The molecule has 1 atom stereocenters. The maximum absolute atomic E-state index is 12.4. The number of hydrogen-bond acceptors (Lipinski definition) is 5. The summed E-state index contributed by atoms with van der Waals surface area (Å²) in [5, 5.41) is 8.11. The summed E-state index contributed by atoms with van der Waals surface area (Å²) < 4.78 is 5.59. The lowest BCUT2D eigenvalue weighted by atomic mass is 10.2. The minimum atomic E-state index is -0.249. The molecule has 0 radical (unpaired) electrons. The van der Waals surface area contributed by atoms with Gasteiger partial charge in [-0.1, -0.05) is 11.4 Å². The molecule has 0 aromatic carbocycles. The van der Waals surface area contributed by atoms with Gasteiger partial charge in [0.15, 0.2) is 0 Å². The molecule has 0 spiro atoms. The smallest absolute Gasteiger partial charge is 0.247 e. The Morgan fingerprint density at radius 2 is 2.37 bits per heavy atom. The minimum absolute atomic E-state index is 0.0546. The number of amides is 1. The van der Waals surface area contributed by atoms with Crippen LogP contribution in [0, 0.1) is 6.92 Å². The molecular formula is C12H17N5OS. The highest BCUT2D eigenvalue weighted by atomic mass is 32.1. The van der Waals surface area contributed by atoms with Crippen LogP contribution in [-0.4, -0.2) is 37.2 Å². The number of aromatic nitrogens is 4. The monoisotopic (exact) mass is 279 g/mol. The van der Waals surface area contributed by atoms with Gasteiger partial charge < -0.3 is 4.90 Å². The average Bonchev–Trinajstić information content (AvgIpc) is 3.03. The van der Waals surface area contributed by atoms with E-state index in [4.69, 9.17) is 0 Å². The summed E-state index contributed by atoms with van der Waals surface area (Å²) in [6.45, 7) is 4.43. The van der Waals surface area contributed by atoms with Crippen molar-refractivity contribution in [1.82, 2.24) is 24.3 Å². The van der Waals surface area contributed by atoms with Crippen LogP contribution < -0.4 is 0 Å². The fraction of sp³-hybridized carbons (Fsp3) is 0.500. The molecule has 0 aliphatic heterocycles. The molecule has 0 fully saturated rings. The first-order valence-corrected chi connectivity index (χ1v) is 6.92. The van der Waals surface area contributed by atoms with Gasteiger partial charge in [0.2, 0.25) is 5.91 Å². The van der Waals surface area contributed by atoms with Gasteiger partial charge in [0.1, 0.15) is 6.04 Å². The van der Waals surface area contributed by atoms with Crippen LogP contribution in [0.1, 0.15) is 30.0 Å². The first-order valence-electron chi connectivity index (χ1n) is 6.15. The second kappa shape index (κ2) is 5.92. The summed E-state index contributed by atoms with van der Waals surface area (Å²) in [6.07, 6.45) is 4.22. The second-order valence-corrected chi connectivity index (χ2v) is 5.22. The van der Waals surface area contributed by atoms with E-state index >= 15 is 0 Å². The molecule has 102 valence electrons. The van der Waals surface area contributed by atoms with E-state index in [1.165, 1.54) is 11.5 Å². The molecule has 19 heavy (non-hydrogen) atoms. The highest BCUT2D eigenvalue weighted by Gasteiger charge is 2.23. The highest BCUT2D eigenvalue weighted by molar-refractivity contribution is 7.05. The third kappa shape index (κ3) is 2.98. The zero-order valence-corrected chi connectivity index (χ0v) is 12.1. The fourth-order valence-electron chi connectivity index (χ4n) is 1.88. The van der Waals surface area contributed by atoms with Crippen LogP contribution >= 0.6 is 11.5 Å². The SMILES string of the molecule is CC[C@@H](C(=O)N(C)Cc1snnc1C)n1cccn1. The summed E-state index contributed by atoms with van der Waals surface area (Å²) in [4.78, 5) is 15.2. The van der Waals surface area contributed by atoms with Crippen LogP contribution in [0.25, 0.3) is 0 Å². The molecule has 0 saturated heterocycles. The van der Waals surface area contributed by atoms with Gasteiger partial charge in [-0.05, 0) is 30.9 Å². The van der Waals surface area contributed by atoms with Crippen molar-refractivity contribution < 1.29 is 4.79 Å². The van der Waals surface area contributed by atoms with Gasteiger partial charge in [-0.2, -0.15) is 5.10 Å². The Bertz CT molecular complexity index is 536. The molecule has 0 bridgehead atoms. The Morgan fingerprint density at radius 3 is 2.89 bits per heavy atom. The molecule has 2 aromatic rings. The zero-order valence-electron chi connectivity index (χ0n) is 11.3. The summed E-state index contributed by atoms with van der Waals surface area (Å²) >= 11 is 1.33. The van der Waals surface area contributed by atoms with Crippen LogP contribution in [0.5, 0.6) is 0 Å². The van der Waals surface area contributed by atoms with Crippen LogP contribution in [0.3, 0.4) is 0 Å². The number of carbonyl (C=O) groups excluding carboxylic acids is 1. The third-order valence-corrected chi connectivity index (χ3v) is 3.83. The van der Waals surface area contributed by atoms with Crippen molar-refractivity contribution in [2.45, 2.75) is 32.9 Å². The van der Waals surface area contributed by atoms with Crippen molar-refractivity contribution in [1.29, 1.82) is 0 Å². The van der Waals surface area contributed by atoms with Crippen molar-refractivity contribution in [3.8, 4) is 0 Å². The van der Waals surface area contributed by atoms with Gasteiger partial charge in [0, 0.05) is 19.4 Å². The number of nitrogens with zero attached hydrogens (tertiary/aromatic N) is 5. The first kappa shape index (κ1) is 13.7. The molecule has 6 nitrogen and oxygen atoms in total. The van der Waals surface area contributed by atoms with Crippen molar-refractivity contribution in [2.75, 3.05) is 7.05 Å². The maximum Gasteiger partial charge on any atom is 0.247 e. The molecule has 2 heterocycles. The first-order chi connectivity index (χ1) is 9.13. The van der Waals surface area contributed by atoms with Crippen LogP contribution in [0.4, 0.5) is 0 Å². The third-order valence-electron chi connectivity index (χ3n) is 3.02. The Kier molecular flexibility index (Phi) is 4.26. The average molecular weight is 279 g/mol. The Balaban J connectivity index is 2.08. The van der Waals surface area contributed by atoms with Crippen molar-refractivity contribution in [3.05, 3.63) is 29.0 Å². The van der Waals surface area contributed by atoms with E-state index in [2.05, 4.69) is 14.7 Å². The van der Waals surface area contributed by atoms with Crippen LogP contribution in [-0.2, 0) is 11.3 Å². The van der Waals surface area contributed by atoms with E-state index in [1.54, 1.807) is 22.8 Å². The molecule has 2 aromatic heterocycles. The summed E-state index contributed by atoms with van der Waals surface area (Å²) in [5.74, 6) is 0.0546. The van der Waals surface area contributed by atoms with E-state index in [0.29, 0.717) is 13.0 Å². The molecule has 0 N–H and O–H groups in total.